The summed E-state index contributed by atoms with van der Waals surface area (Å²) in [6.07, 6.45) is 48.3. The van der Waals surface area contributed by atoms with Gasteiger partial charge in [-0.3, -0.25) is 13.8 Å². The second kappa shape index (κ2) is 38.9. The summed E-state index contributed by atoms with van der Waals surface area (Å²) in [5, 5.41) is 13.6. The average Bonchev–Trinajstić information content (AvgIpc) is 3.13. The third-order valence-electron chi connectivity index (χ3n) is 8.79. The maximum Gasteiger partial charge on any atom is 0.472 e. The van der Waals surface area contributed by atoms with Crippen molar-refractivity contribution in [2.45, 2.75) is 187 Å². The van der Waals surface area contributed by atoms with Gasteiger partial charge in [-0.25, -0.2) is 4.57 Å². The zero-order chi connectivity index (χ0) is 38.2. The minimum atomic E-state index is -4.35. The summed E-state index contributed by atoms with van der Waals surface area (Å²) in [4.78, 5) is 22.7. The number of nitrogens with one attached hydrogen (secondary N) is 1. The van der Waals surface area contributed by atoms with E-state index in [1.165, 1.54) is 89.9 Å². The second-order valence-electron chi connectivity index (χ2n) is 13.8. The van der Waals surface area contributed by atoms with Crippen LogP contribution in [0.3, 0.4) is 0 Å². The number of phosphoric ester groups is 1. The third kappa shape index (κ3) is 36.6. The number of rotatable bonds is 38. The molecule has 0 aromatic rings. The lowest BCUT2D eigenvalue weighted by atomic mass is 10.1. The van der Waals surface area contributed by atoms with E-state index in [4.69, 9.17) is 14.8 Å². The largest absolute Gasteiger partial charge is 0.472 e. The molecule has 9 heteroatoms. The molecule has 0 fully saturated rings. The van der Waals surface area contributed by atoms with Gasteiger partial charge in [0, 0.05) is 13.0 Å². The summed E-state index contributed by atoms with van der Waals surface area (Å²) in [6.45, 7) is 4.05. The molecule has 0 aromatic heterocycles. The number of allylic oxidation sites excluding steroid dienone is 9. The van der Waals surface area contributed by atoms with Crippen LogP contribution in [-0.4, -0.2) is 47.8 Å². The lowest BCUT2D eigenvalue weighted by Gasteiger charge is -2.23. The van der Waals surface area contributed by atoms with Gasteiger partial charge in [-0.2, -0.15) is 0 Å². The normalized spacial score (nSPS) is 14.8. The highest BCUT2D eigenvalue weighted by molar-refractivity contribution is 7.47. The monoisotopic (exact) mass is 751 g/mol. The molecule has 3 atom stereocenters. The number of aliphatic hydroxyl groups is 1. The fourth-order valence-electron chi connectivity index (χ4n) is 5.60. The molecule has 0 aliphatic heterocycles. The van der Waals surface area contributed by atoms with Crippen molar-refractivity contribution in [1.82, 2.24) is 5.32 Å². The smallest absolute Gasteiger partial charge is 0.387 e. The molecule has 0 aromatic carbocycles. The van der Waals surface area contributed by atoms with Gasteiger partial charge in [0.15, 0.2) is 0 Å². The van der Waals surface area contributed by atoms with Crippen LogP contribution in [0.5, 0.6) is 0 Å². The molecule has 0 spiro atoms. The summed E-state index contributed by atoms with van der Waals surface area (Å²) >= 11 is 0. The molecule has 302 valence electrons. The van der Waals surface area contributed by atoms with Gasteiger partial charge in [0.25, 0.3) is 0 Å². The highest BCUT2D eigenvalue weighted by atomic mass is 31.2. The van der Waals surface area contributed by atoms with Crippen molar-refractivity contribution in [2.24, 2.45) is 5.73 Å². The van der Waals surface area contributed by atoms with E-state index in [1.807, 2.05) is 6.08 Å². The second-order valence-corrected chi connectivity index (χ2v) is 15.3. The van der Waals surface area contributed by atoms with Crippen molar-refractivity contribution >= 4 is 13.7 Å². The fraction of sp³-hybridized carbons (Fsp3) is 0.744. The number of hydrogen-bond acceptors (Lipinski definition) is 6. The quantitative estimate of drug-likeness (QED) is 0.0281. The van der Waals surface area contributed by atoms with Crippen LogP contribution in [0.1, 0.15) is 174 Å². The van der Waals surface area contributed by atoms with Gasteiger partial charge in [-0.15, -0.1) is 0 Å². The zero-order valence-corrected chi connectivity index (χ0v) is 34.2. The highest BCUT2D eigenvalue weighted by Gasteiger charge is 2.26. The molecular formula is C43H79N2O6P. The standard InChI is InChI=1S/C43H79N2O6P/c1-3-5-7-9-11-13-15-17-19-21-23-25-27-29-31-33-35-37-43(47)45-41(40-51-52(48,49)50-39-38-44)42(46)36-34-32-30-28-26-24-22-20-18-16-14-12-10-8-6-4-2/h11,13,17-20,26,28,34,36,41-42,46H,3-10,12,14-16,21-25,27,29-33,35,37-40,44H2,1-2H3,(H,45,47)(H,48,49)/b13-11-,19-17-,20-18+,28-26+,36-34+. The van der Waals surface area contributed by atoms with Crippen molar-refractivity contribution in [1.29, 1.82) is 0 Å². The predicted molar refractivity (Wildman–Crippen MR) is 221 cm³/mol. The number of unbranched alkanes of at least 4 members (excludes halogenated alkanes) is 18. The topological polar surface area (TPSA) is 131 Å². The van der Waals surface area contributed by atoms with Crippen molar-refractivity contribution in [2.75, 3.05) is 19.8 Å². The van der Waals surface area contributed by atoms with Gasteiger partial charge < -0.3 is 21.1 Å². The minimum Gasteiger partial charge on any atom is -0.387 e. The number of nitrogens with two attached hydrogens (primary N) is 1. The molecule has 1 amide bonds. The Kier molecular flexibility index (Phi) is 37.6. The van der Waals surface area contributed by atoms with Crippen LogP contribution in [0.2, 0.25) is 0 Å². The molecule has 0 bridgehead atoms. The van der Waals surface area contributed by atoms with Crippen LogP contribution in [0.4, 0.5) is 0 Å². The Hall–Kier alpha value is -1.80. The zero-order valence-electron chi connectivity index (χ0n) is 33.3. The maximum atomic E-state index is 12.7. The van der Waals surface area contributed by atoms with Crippen molar-refractivity contribution in [3.8, 4) is 0 Å². The first-order valence-electron chi connectivity index (χ1n) is 20.9. The lowest BCUT2D eigenvalue weighted by Crippen LogP contribution is -2.45. The summed E-state index contributed by atoms with van der Waals surface area (Å²) in [7, 11) is -4.35. The number of hydrogen-bond donors (Lipinski definition) is 4. The molecule has 0 saturated heterocycles. The molecule has 5 N–H and O–H groups in total. The van der Waals surface area contributed by atoms with Crippen LogP contribution >= 0.6 is 7.82 Å². The number of carbonyl (C=O) groups is 1. The van der Waals surface area contributed by atoms with Crippen molar-refractivity contribution in [3.63, 3.8) is 0 Å². The van der Waals surface area contributed by atoms with Crippen LogP contribution in [-0.2, 0) is 18.4 Å². The molecule has 52 heavy (non-hydrogen) atoms. The van der Waals surface area contributed by atoms with Crippen molar-refractivity contribution < 1.29 is 28.4 Å². The summed E-state index contributed by atoms with van der Waals surface area (Å²) in [5.74, 6) is -0.219. The van der Waals surface area contributed by atoms with Crippen LogP contribution in [0, 0.1) is 0 Å². The molecule has 0 saturated carbocycles. The fourth-order valence-corrected chi connectivity index (χ4v) is 6.36. The van der Waals surface area contributed by atoms with E-state index in [9.17, 15) is 19.4 Å². The van der Waals surface area contributed by atoms with E-state index in [-0.39, 0.29) is 25.7 Å². The average molecular weight is 751 g/mol. The molecular weight excluding hydrogens is 671 g/mol. The number of phosphoric acid groups is 1. The Bertz CT molecular complexity index is 996. The molecule has 0 heterocycles. The Balaban J connectivity index is 4.35. The summed E-state index contributed by atoms with van der Waals surface area (Å²) in [6, 6.07) is -0.889. The van der Waals surface area contributed by atoms with E-state index in [2.05, 4.69) is 67.8 Å². The summed E-state index contributed by atoms with van der Waals surface area (Å²) < 4.78 is 22.1. The van der Waals surface area contributed by atoms with Crippen LogP contribution in [0.25, 0.3) is 0 Å². The first-order chi connectivity index (χ1) is 25.4. The molecule has 0 radical (unpaired) electrons. The van der Waals surface area contributed by atoms with E-state index >= 15 is 0 Å². The van der Waals surface area contributed by atoms with E-state index in [1.54, 1.807) is 6.08 Å². The number of aliphatic hydroxyl groups excluding tert-OH is 1. The van der Waals surface area contributed by atoms with E-state index < -0.39 is 20.0 Å². The minimum absolute atomic E-state index is 0.0680. The van der Waals surface area contributed by atoms with Gasteiger partial charge in [0.1, 0.15) is 0 Å². The first kappa shape index (κ1) is 50.2. The van der Waals surface area contributed by atoms with Gasteiger partial charge in [0.2, 0.25) is 5.91 Å². The third-order valence-corrected chi connectivity index (χ3v) is 9.78. The van der Waals surface area contributed by atoms with E-state index in [0.29, 0.717) is 6.42 Å². The molecule has 0 aliphatic carbocycles. The predicted octanol–water partition coefficient (Wildman–Crippen LogP) is 11.5. The SMILES string of the molecule is CCCCC/C=C\C/C=C\CCCCCCCCCC(=O)NC(COP(=O)(O)OCCN)C(O)/C=C/CC/C=C/CC/C=C/CCCCCCCC. The Labute approximate surface area is 319 Å². The Morgan fingerprint density at radius 3 is 1.63 bits per heavy atom. The van der Waals surface area contributed by atoms with Gasteiger partial charge in [-0.05, 0) is 77.0 Å². The number of carbonyl (C=O) groups excluding carboxylic acids is 1. The molecule has 8 nitrogen and oxygen atoms in total. The summed E-state index contributed by atoms with van der Waals surface area (Å²) in [5.41, 5.74) is 5.36. The molecule has 0 rings (SSSR count). The molecule has 3 unspecified atom stereocenters. The Morgan fingerprint density at radius 2 is 1.08 bits per heavy atom. The lowest BCUT2D eigenvalue weighted by molar-refractivity contribution is -0.123. The highest BCUT2D eigenvalue weighted by Crippen LogP contribution is 2.43. The number of amides is 1. The van der Waals surface area contributed by atoms with E-state index in [0.717, 1.165) is 64.2 Å². The molecule has 0 aliphatic rings. The van der Waals surface area contributed by atoms with Crippen LogP contribution in [0.15, 0.2) is 60.8 Å². The van der Waals surface area contributed by atoms with Gasteiger partial charge in [-0.1, -0.05) is 152 Å². The van der Waals surface area contributed by atoms with Crippen molar-refractivity contribution in [3.05, 3.63) is 60.8 Å². The first-order valence-corrected chi connectivity index (χ1v) is 22.4. The van der Waals surface area contributed by atoms with Gasteiger partial charge >= 0.3 is 7.82 Å². The van der Waals surface area contributed by atoms with Crippen LogP contribution < -0.4 is 11.1 Å². The van der Waals surface area contributed by atoms with Gasteiger partial charge in [0.05, 0.1) is 25.4 Å². The Morgan fingerprint density at radius 1 is 0.635 bits per heavy atom. The maximum absolute atomic E-state index is 12.7.